The van der Waals surface area contributed by atoms with Gasteiger partial charge in [0.15, 0.2) is 5.69 Å². The molecule has 0 amide bonds. The van der Waals surface area contributed by atoms with Crippen LogP contribution in [0.1, 0.15) is 47.6 Å². The van der Waals surface area contributed by atoms with E-state index < -0.39 is 0 Å². The first-order valence-electron chi connectivity index (χ1n) is 11.2. The Morgan fingerprint density at radius 1 is 1.26 bits per heavy atom. The molecule has 1 atom stereocenters. The lowest BCUT2D eigenvalue weighted by Crippen LogP contribution is -2.38. The molecule has 2 aromatic rings. The van der Waals surface area contributed by atoms with Crippen molar-refractivity contribution in [3.63, 3.8) is 0 Å². The standard InChI is InChI=1S/C24H36N4O3/c1-6-31-24(29)23-21-17-27(14-13-22(21)28(25-23)16-15-26(3)4)18(2)7-8-19-9-11-20(30-5)12-10-19/h9-12,18H,6-8,13-17H2,1-5H3. The van der Waals surface area contributed by atoms with Crippen LogP contribution in [0.15, 0.2) is 24.3 Å². The molecule has 3 rings (SSSR count). The van der Waals surface area contributed by atoms with Gasteiger partial charge in [-0.3, -0.25) is 9.58 Å². The highest BCUT2D eigenvalue weighted by molar-refractivity contribution is 5.89. The number of fused-ring (bicyclic) bond motifs is 1. The Kier molecular flexibility index (Phi) is 8.09. The summed E-state index contributed by atoms with van der Waals surface area (Å²) >= 11 is 0. The fourth-order valence-electron chi connectivity index (χ4n) is 4.08. The summed E-state index contributed by atoms with van der Waals surface area (Å²) in [7, 11) is 5.79. The summed E-state index contributed by atoms with van der Waals surface area (Å²) in [5, 5.41) is 4.66. The maximum Gasteiger partial charge on any atom is 0.359 e. The van der Waals surface area contributed by atoms with Crippen LogP contribution >= 0.6 is 0 Å². The van der Waals surface area contributed by atoms with Crippen LogP contribution in [0.5, 0.6) is 5.75 Å². The zero-order valence-electron chi connectivity index (χ0n) is 19.6. The number of rotatable bonds is 10. The molecular weight excluding hydrogens is 392 g/mol. The maximum atomic E-state index is 12.6. The van der Waals surface area contributed by atoms with Gasteiger partial charge in [0, 0.05) is 43.4 Å². The lowest BCUT2D eigenvalue weighted by Gasteiger charge is -2.33. The number of carbonyl (C=O) groups is 1. The van der Waals surface area contributed by atoms with Crippen LogP contribution in [0.4, 0.5) is 0 Å². The Morgan fingerprint density at radius 2 is 2.00 bits per heavy atom. The van der Waals surface area contributed by atoms with Gasteiger partial charge in [-0.1, -0.05) is 12.1 Å². The molecule has 0 aliphatic carbocycles. The van der Waals surface area contributed by atoms with E-state index in [1.807, 2.05) is 23.7 Å². The topological polar surface area (TPSA) is 59.8 Å². The summed E-state index contributed by atoms with van der Waals surface area (Å²) in [4.78, 5) is 17.2. The van der Waals surface area contributed by atoms with Crippen molar-refractivity contribution in [3.05, 3.63) is 46.8 Å². The lowest BCUT2D eigenvalue weighted by atomic mass is 10.00. The van der Waals surface area contributed by atoms with E-state index in [2.05, 4.69) is 48.1 Å². The molecule has 1 aliphatic heterocycles. The summed E-state index contributed by atoms with van der Waals surface area (Å²) in [6.45, 7) is 7.86. The van der Waals surface area contributed by atoms with Crippen molar-refractivity contribution in [1.82, 2.24) is 19.6 Å². The fourth-order valence-corrected chi connectivity index (χ4v) is 4.08. The van der Waals surface area contributed by atoms with Gasteiger partial charge in [0.05, 0.1) is 20.3 Å². The van der Waals surface area contributed by atoms with Crippen molar-refractivity contribution >= 4 is 5.97 Å². The van der Waals surface area contributed by atoms with E-state index in [0.717, 1.165) is 56.8 Å². The smallest absolute Gasteiger partial charge is 0.359 e. The summed E-state index contributed by atoms with van der Waals surface area (Å²) in [5.41, 5.74) is 4.03. The quantitative estimate of drug-likeness (QED) is 0.542. The molecule has 7 nitrogen and oxygen atoms in total. The Balaban J connectivity index is 1.70. The number of hydrogen-bond donors (Lipinski definition) is 0. The second-order valence-corrected chi connectivity index (χ2v) is 8.48. The number of likely N-dealkylation sites (N-methyl/N-ethyl adjacent to an activating group) is 1. The molecule has 0 bridgehead atoms. The van der Waals surface area contributed by atoms with Crippen molar-refractivity contribution in [3.8, 4) is 5.75 Å². The molecule has 1 unspecified atom stereocenters. The zero-order valence-corrected chi connectivity index (χ0v) is 19.6. The normalized spacial score (nSPS) is 15.0. The number of aryl methyl sites for hydroxylation is 1. The van der Waals surface area contributed by atoms with Crippen LogP contribution in [0, 0.1) is 0 Å². The summed E-state index contributed by atoms with van der Waals surface area (Å²) in [6, 6.07) is 8.71. The second kappa shape index (κ2) is 10.8. The van der Waals surface area contributed by atoms with Crippen LogP contribution < -0.4 is 4.74 Å². The Bertz CT molecular complexity index is 860. The van der Waals surface area contributed by atoms with Crippen molar-refractivity contribution in [2.45, 2.75) is 52.2 Å². The van der Waals surface area contributed by atoms with Gasteiger partial charge >= 0.3 is 5.97 Å². The molecule has 1 aromatic heterocycles. The Hall–Kier alpha value is -2.38. The molecule has 0 spiro atoms. The molecule has 7 heteroatoms. The van der Waals surface area contributed by atoms with E-state index in [1.165, 1.54) is 11.3 Å². The third-order valence-corrected chi connectivity index (χ3v) is 6.02. The number of aromatic nitrogens is 2. The highest BCUT2D eigenvalue weighted by atomic mass is 16.5. The third-order valence-electron chi connectivity index (χ3n) is 6.02. The minimum absolute atomic E-state index is 0.310. The minimum atomic E-state index is -0.310. The molecule has 1 aromatic carbocycles. The zero-order chi connectivity index (χ0) is 22.4. The molecule has 170 valence electrons. The molecule has 0 saturated heterocycles. The number of nitrogens with zero attached hydrogens (tertiary/aromatic N) is 4. The Labute approximate surface area is 185 Å². The number of benzene rings is 1. The van der Waals surface area contributed by atoms with Gasteiger partial charge in [-0.05, 0) is 58.5 Å². The monoisotopic (exact) mass is 428 g/mol. The van der Waals surface area contributed by atoms with Crippen molar-refractivity contribution in [1.29, 1.82) is 0 Å². The number of carbonyl (C=O) groups excluding carboxylic acids is 1. The van der Waals surface area contributed by atoms with Gasteiger partial charge in [0.25, 0.3) is 0 Å². The van der Waals surface area contributed by atoms with E-state index >= 15 is 0 Å². The molecule has 31 heavy (non-hydrogen) atoms. The largest absolute Gasteiger partial charge is 0.497 e. The van der Waals surface area contributed by atoms with E-state index in [4.69, 9.17) is 9.47 Å². The molecule has 0 saturated carbocycles. The number of ether oxygens (including phenoxy) is 2. The van der Waals surface area contributed by atoms with Crippen LogP contribution in [-0.2, 0) is 30.7 Å². The van der Waals surface area contributed by atoms with Crippen LogP contribution in [0.2, 0.25) is 0 Å². The number of methoxy groups -OCH3 is 1. The molecule has 2 heterocycles. The predicted molar refractivity (Wildman–Crippen MR) is 122 cm³/mol. The first-order chi connectivity index (χ1) is 14.9. The van der Waals surface area contributed by atoms with Gasteiger partial charge < -0.3 is 14.4 Å². The first-order valence-corrected chi connectivity index (χ1v) is 11.2. The highest BCUT2D eigenvalue weighted by Crippen LogP contribution is 2.26. The van der Waals surface area contributed by atoms with Gasteiger partial charge in [-0.15, -0.1) is 0 Å². The van der Waals surface area contributed by atoms with E-state index in [9.17, 15) is 4.79 Å². The SMILES string of the molecule is CCOC(=O)c1nn(CCN(C)C)c2c1CN(C(C)CCc1ccc(OC)cc1)CC2. The molecule has 0 fully saturated rings. The molecular formula is C24H36N4O3. The second-order valence-electron chi connectivity index (χ2n) is 8.48. The van der Waals surface area contributed by atoms with Crippen molar-refractivity contribution in [2.75, 3.05) is 40.9 Å². The molecule has 1 aliphatic rings. The lowest BCUT2D eigenvalue weighted by molar-refractivity contribution is 0.0515. The number of hydrogen-bond acceptors (Lipinski definition) is 6. The average molecular weight is 429 g/mol. The number of esters is 1. The van der Waals surface area contributed by atoms with E-state index in [0.29, 0.717) is 18.3 Å². The van der Waals surface area contributed by atoms with Crippen LogP contribution in [-0.4, -0.2) is 72.5 Å². The summed E-state index contributed by atoms with van der Waals surface area (Å²) < 4.78 is 12.6. The van der Waals surface area contributed by atoms with Crippen molar-refractivity contribution < 1.29 is 14.3 Å². The van der Waals surface area contributed by atoms with Gasteiger partial charge in [-0.25, -0.2) is 4.79 Å². The highest BCUT2D eigenvalue weighted by Gasteiger charge is 2.30. The average Bonchev–Trinajstić information content (AvgIpc) is 3.14. The van der Waals surface area contributed by atoms with E-state index in [-0.39, 0.29) is 5.97 Å². The van der Waals surface area contributed by atoms with Gasteiger partial charge in [0.2, 0.25) is 0 Å². The summed E-state index contributed by atoms with van der Waals surface area (Å²) in [5.74, 6) is 0.577. The third kappa shape index (κ3) is 5.86. The van der Waals surface area contributed by atoms with Gasteiger partial charge in [0.1, 0.15) is 5.75 Å². The van der Waals surface area contributed by atoms with Gasteiger partial charge in [-0.2, -0.15) is 5.10 Å². The maximum absolute atomic E-state index is 12.6. The minimum Gasteiger partial charge on any atom is -0.497 e. The fraction of sp³-hybridized carbons (Fsp3) is 0.583. The molecule has 0 N–H and O–H groups in total. The van der Waals surface area contributed by atoms with Crippen molar-refractivity contribution in [2.24, 2.45) is 0 Å². The van der Waals surface area contributed by atoms with Crippen LogP contribution in [0.25, 0.3) is 0 Å². The van der Waals surface area contributed by atoms with Crippen LogP contribution in [0.3, 0.4) is 0 Å². The summed E-state index contributed by atoms with van der Waals surface area (Å²) in [6.07, 6.45) is 2.98. The molecule has 0 radical (unpaired) electrons. The van der Waals surface area contributed by atoms with E-state index in [1.54, 1.807) is 7.11 Å². The predicted octanol–water partition coefficient (Wildman–Crippen LogP) is 3.01. The first kappa shape index (κ1) is 23.3. The Morgan fingerprint density at radius 3 is 2.65 bits per heavy atom.